The molecule has 0 aliphatic carbocycles. The van der Waals surface area contributed by atoms with Crippen LogP contribution >= 0.6 is 0 Å². The maximum atomic E-state index is 13.3. The second-order valence-electron chi connectivity index (χ2n) is 9.20. The van der Waals surface area contributed by atoms with Crippen LogP contribution in [-0.4, -0.2) is 71.1 Å². The van der Waals surface area contributed by atoms with Crippen LogP contribution in [0.4, 0.5) is 0 Å². The first-order valence-corrected chi connectivity index (χ1v) is 11.9. The van der Waals surface area contributed by atoms with Crippen molar-refractivity contribution in [2.45, 2.75) is 12.5 Å². The Morgan fingerprint density at radius 1 is 0.892 bits per heavy atom. The topological polar surface area (TPSA) is 134 Å². The Hall–Kier alpha value is -4.11. The van der Waals surface area contributed by atoms with Crippen molar-refractivity contribution in [3.8, 4) is 23.0 Å². The standard InChI is InChI=1S/C28H29NO8/c1-36-24-13-16(4-8-21(24)31)3-7-20(30)19-15-29-12-11-18(19)26(27(29)28(34)35)23(33)10-6-17-5-9-22(32)25(14-17)37-2/h3-10,13-14,18-19,26-27,31-32H,11-12,15H2,1-2H3,(H,34,35)/b7-3+,10-6+. The first kappa shape index (κ1) is 26.0. The summed E-state index contributed by atoms with van der Waals surface area (Å²) >= 11 is 0. The molecule has 5 atom stereocenters. The minimum atomic E-state index is -1.08. The van der Waals surface area contributed by atoms with E-state index in [2.05, 4.69) is 0 Å². The maximum Gasteiger partial charge on any atom is 0.321 e. The Morgan fingerprint density at radius 2 is 1.43 bits per heavy atom. The van der Waals surface area contributed by atoms with Crippen molar-refractivity contribution in [2.24, 2.45) is 17.8 Å². The van der Waals surface area contributed by atoms with Gasteiger partial charge in [0.05, 0.1) is 20.1 Å². The summed E-state index contributed by atoms with van der Waals surface area (Å²) in [6.45, 7) is 0.777. The largest absolute Gasteiger partial charge is 0.504 e. The van der Waals surface area contributed by atoms with Crippen molar-refractivity contribution in [1.29, 1.82) is 0 Å². The van der Waals surface area contributed by atoms with E-state index in [1.165, 1.54) is 38.5 Å². The zero-order chi connectivity index (χ0) is 26.7. The number of allylic oxidation sites excluding steroid dienone is 2. The Kier molecular flexibility index (Phi) is 7.63. The van der Waals surface area contributed by atoms with Gasteiger partial charge in [-0.15, -0.1) is 0 Å². The summed E-state index contributed by atoms with van der Waals surface area (Å²) in [7, 11) is 2.85. The SMILES string of the molecule is COc1cc(/C=C/C(=O)C2CN3CCC2C(C(=O)/C=C/c2ccc(O)c(OC)c2)C3C(=O)O)ccc1O. The summed E-state index contributed by atoms with van der Waals surface area (Å²) in [6.07, 6.45) is 6.49. The Balaban J connectivity index is 1.56. The number of ether oxygens (including phenoxy) is 2. The third-order valence-electron chi connectivity index (χ3n) is 7.13. The van der Waals surface area contributed by atoms with Crippen LogP contribution in [0.2, 0.25) is 0 Å². The second kappa shape index (κ2) is 10.9. The number of phenols is 2. The molecule has 194 valence electrons. The molecule has 0 radical (unpaired) electrons. The summed E-state index contributed by atoms with van der Waals surface area (Å²) < 4.78 is 10.2. The van der Waals surface area contributed by atoms with Crippen LogP contribution in [0.15, 0.2) is 48.6 Å². The number of carbonyl (C=O) groups is 3. The molecule has 3 aliphatic heterocycles. The molecule has 0 spiro atoms. The number of carboxylic acid groups (broad SMARTS) is 1. The van der Waals surface area contributed by atoms with Crippen LogP contribution in [0.5, 0.6) is 23.0 Å². The Labute approximate surface area is 214 Å². The number of aromatic hydroxyl groups is 2. The maximum absolute atomic E-state index is 13.3. The fraction of sp³-hybridized carbons (Fsp3) is 0.321. The number of fused-ring (bicyclic) bond motifs is 3. The van der Waals surface area contributed by atoms with Crippen LogP contribution < -0.4 is 9.47 Å². The highest BCUT2D eigenvalue weighted by molar-refractivity contribution is 6.01. The van der Waals surface area contributed by atoms with Gasteiger partial charge in [0.2, 0.25) is 0 Å². The number of rotatable bonds is 9. The monoisotopic (exact) mass is 507 g/mol. The van der Waals surface area contributed by atoms with Gasteiger partial charge in [0.1, 0.15) is 6.04 Å². The van der Waals surface area contributed by atoms with Gasteiger partial charge < -0.3 is 24.8 Å². The number of nitrogens with zero attached hydrogens (tertiary/aromatic N) is 1. The quantitative estimate of drug-likeness (QED) is 0.438. The van der Waals surface area contributed by atoms with Crippen molar-refractivity contribution in [3.05, 3.63) is 59.7 Å². The average molecular weight is 508 g/mol. The molecule has 2 aromatic rings. The molecule has 0 aromatic heterocycles. The number of aliphatic carboxylic acids is 1. The smallest absolute Gasteiger partial charge is 0.321 e. The zero-order valence-electron chi connectivity index (χ0n) is 20.5. The molecular weight excluding hydrogens is 478 g/mol. The molecule has 5 rings (SSSR count). The van der Waals surface area contributed by atoms with Gasteiger partial charge in [0, 0.05) is 12.5 Å². The molecule has 3 heterocycles. The highest BCUT2D eigenvalue weighted by atomic mass is 16.5. The van der Waals surface area contributed by atoms with Crippen molar-refractivity contribution in [2.75, 3.05) is 27.3 Å². The fourth-order valence-electron chi connectivity index (χ4n) is 5.30. The van der Waals surface area contributed by atoms with Crippen molar-refractivity contribution in [3.63, 3.8) is 0 Å². The van der Waals surface area contributed by atoms with E-state index >= 15 is 0 Å². The molecule has 2 bridgehead atoms. The van der Waals surface area contributed by atoms with Gasteiger partial charge in [-0.2, -0.15) is 0 Å². The van der Waals surface area contributed by atoms with E-state index in [1.54, 1.807) is 41.3 Å². The lowest BCUT2D eigenvalue weighted by Crippen LogP contribution is -2.64. The number of hydrogen-bond donors (Lipinski definition) is 3. The van der Waals surface area contributed by atoms with Crippen molar-refractivity contribution < 1.29 is 39.2 Å². The first-order valence-electron chi connectivity index (χ1n) is 11.9. The van der Waals surface area contributed by atoms with Gasteiger partial charge in [-0.05, 0) is 66.4 Å². The van der Waals surface area contributed by atoms with Gasteiger partial charge in [0.25, 0.3) is 0 Å². The van der Waals surface area contributed by atoms with Crippen LogP contribution in [0.1, 0.15) is 17.5 Å². The number of methoxy groups -OCH3 is 2. The molecular formula is C28H29NO8. The van der Waals surface area contributed by atoms with E-state index in [0.717, 1.165) is 0 Å². The normalized spacial score (nSPS) is 24.9. The lowest BCUT2D eigenvalue weighted by atomic mass is 9.65. The second-order valence-corrected chi connectivity index (χ2v) is 9.20. The average Bonchev–Trinajstić information content (AvgIpc) is 2.91. The van der Waals surface area contributed by atoms with Gasteiger partial charge >= 0.3 is 5.97 Å². The molecule has 5 unspecified atom stereocenters. The molecule has 0 amide bonds. The number of carboxylic acids is 1. The summed E-state index contributed by atoms with van der Waals surface area (Å²) in [5.74, 6) is -2.94. The van der Waals surface area contributed by atoms with Gasteiger partial charge in [-0.1, -0.05) is 24.3 Å². The third kappa shape index (κ3) is 5.36. The van der Waals surface area contributed by atoms with E-state index in [9.17, 15) is 29.7 Å². The van der Waals surface area contributed by atoms with Crippen LogP contribution in [-0.2, 0) is 14.4 Å². The molecule has 2 aromatic carbocycles. The predicted molar refractivity (Wildman–Crippen MR) is 135 cm³/mol. The van der Waals surface area contributed by atoms with Crippen LogP contribution in [0.3, 0.4) is 0 Å². The predicted octanol–water partition coefficient (Wildman–Crippen LogP) is 3.00. The summed E-state index contributed by atoms with van der Waals surface area (Å²) in [5, 5.41) is 29.5. The summed E-state index contributed by atoms with van der Waals surface area (Å²) in [4.78, 5) is 40.4. The molecule has 9 heteroatoms. The highest BCUT2D eigenvalue weighted by Gasteiger charge is 2.54. The van der Waals surface area contributed by atoms with Gasteiger partial charge in [0.15, 0.2) is 34.6 Å². The summed E-state index contributed by atoms with van der Waals surface area (Å²) in [5.41, 5.74) is 1.27. The molecule has 3 N–H and O–H groups in total. The number of hydrogen-bond acceptors (Lipinski definition) is 8. The lowest BCUT2D eigenvalue weighted by molar-refractivity contribution is -0.162. The van der Waals surface area contributed by atoms with Crippen molar-refractivity contribution in [1.82, 2.24) is 4.90 Å². The van der Waals surface area contributed by atoms with Crippen LogP contribution in [0.25, 0.3) is 12.2 Å². The molecule has 3 saturated heterocycles. The number of carbonyl (C=O) groups excluding carboxylic acids is 2. The number of ketones is 2. The highest BCUT2D eigenvalue weighted by Crippen LogP contribution is 2.42. The van der Waals surface area contributed by atoms with E-state index in [-0.39, 0.29) is 41.1 Å². The van der Waals surface area contributed by atoms with Crippen LogP contribution in [0, 0.1) is 17.8 Å². The molecule has 0 saturated carbocycles. The fourth-order valence-corrected chi connectivity index (χ4v) is 5.30. The molecule has 37 heavy (non-hydrogen) atoms. The molecule has 3 fully saturated rings. The number of benzene rings is 2. The van der Waals surface area contributed by atoms with Crippen molar-refractivity contribution >= 4 is 29.7 Å². The first-order chi connectivity index (χ1) is 17.7. The Morgan fingerprint density at radius 3 is 1.95 bits per heavy atom. The Bertz CT molecular complexity index is 1270. The van der Waals surface area contributed by atoms with E-state index in [1.807, 2.05) is 0 Å². The van der Waals surface area contributed by atoms with Gasteiger partial charge in [-0.25, -0.2) is 0 Å². The minimum Gasteiger partial charge on any atom is -0.504 e. The summed E-state index contributed by atoms with van der Waals surface area (Å²) in [6, 6.07) is 8.35. The van der Waals surface area contributed by atoms with E-state index in [0.29, 0.717) is 24.1 Å². The zero-order valence-corrected chi connectivity index (χ0v) is 20.5. The van der Waals surface area contributed by atoms with Gasteiger partial charge in [-0.3, -0.25) is 19.3 Å². The number of piperidine rings is 3. The third-order valence-corrected chi connectivity index (χ3v) is 7.13. The minimum absolute atomic E-state index is 0.0109. The molecule has 9 nitrogen and oxygen atoms in total. The molecule has 3 aliphatic rings. The number of phenolic OH excluding ortho intramolecular Hbond substituents is 2. The lowest BCUT2D eigenvalue weighted by Gasteiger charge is -2.51. The van der Waals surface area contributed by atoms with E-state index < -0.39 is 29.8 Å². The van der Waals surface area contributed by atoms with E-state index in [4.69, 9.17) is 9.47 Å².